The van der Waals surface area contributed by atoms with Crippen LogP contribution < -0.4 is 10.1 Å². The van der Waals surface area contributed by atoms with Gasteiger partial charge in [0, 0.05) is 22.8 Å². The Kier molecular flexibility index (Phi) is 3.95. The largest absolute Gasteiger partial charge is 0.497 e. The number of fused-ring (bicyclic) bond motifs is 1. The maximum Gasteiger partial charge on any atom is 0.224 e. The lowest BCUT2D eigenvalue weighted by molar-refractivity contribution is 0.415. The van der Waals surface area contributed by atoms with Gasteiger partial charge in [0.1, 0.15) is 11.6 Å². The summed E-state index contributed by atoms with van der Waals surface area (Å²) in [5.41, 5.74) is 3.75. The summed E-state index contributed by atoms with van der Waals surface area (Å²) in [6, 6.07) is 13.6. The third-order valence-electron chi connectivity index (χ3n) is 3.85. The van der Waals surface area contributed by atoms with Crippen molar-refractivity contribution in [3.8, 4) is 16.9 Å². The number of rotatable bonds is 4. The average molecular weight is 352 g/mol. The Bertz CT molecular complexity index is 1020. The molecule has 0 aliphatic heterocycles. The molecule has 4 aromatic rings. The lowest BCUT2D eigenvalue weighted by Crippen LogP contribution is -1.97. The second-order valence-corrected chi connectivity index (χ2v) is 5.75. The highest BCUT2D eigenvalue weighted by atomic mass is 35.5. The maximum atomic E-state index is 6.05. The molecule has 0 aliphatic carbocycles. The first-order valence-electron chi connectivity index (χ1n) is 7.60. The molecule has 124 valence electrons. The van der Waals surface area contributed by atoms with Gasteiger partial charge in [-0.15, -0.1) is 0 Å². The molecular formula is C18H14ClN5O. The van der Waals surface area contributed by atoms with Crippen molar-refractivity contribution in [1.29, 1.82) is 0 Å². The summed E-state index contributed by atoms with van der Waals surface area (Å²) < 4.78 is 5.29. The fourth-order valence-corrected chi connectivity index (χ4v) is 2.77. The molecule has 7 heteroatoms. The van der Waals surface area contributed by atoms with Gasteiger partial charge in [0.15, 0.2) is 0 Å². The van der Waals surface area contributed by atoms with E-state index in [9.17, 15) is 0 Å². The van der Waals surface area contributed by atoms with Crippen LogP contribution in [0, 0.1) is 0 Å². The highest BCUT2D eigenvalue weighted by molar-refractivity contribution is 6.28. The minimum Gasteiger partial charge on any atom is -0.497 e. The predicted octanol–water partition coefficient (Wildman–Crippen LogP) is 4.43. The van der Waals surface area contributed by atoms with Gasteiger partial charge in [-0.05, 0) is 47.5 Å². The molecule has 2 aromatic carbocycles. The highest BCUT2D eigenvalue weighted by Crippen LogP contribution is 2.29. The van der Waals surface area contributed by atoms with Crippen LogP contribution in [-0.2, 0) is 0 Å². The summed E-state index contributed by atoms with van der Waals surface area (Å²) in [5, 5.41) is 11.1. The number of aromatic amines is 1. The van der Waals surface area contributed by atoms with E-state index in [1.807, 2.05) is 48.7 Å². The lowest BCUT2D eigenvalue weighted by atomic mass is 10.1. The van der Waals surface area contributed by atoms with Crippen LogP contribution in [0.15, 0.2) is 54.9 Å². The van der Waals surface area contributed by atoms with Gasteiger partial charge >= 0.3 is 0 Å². The van der Waals surface area contributed by atoms with Crippen molar-refractivity contribution in [3.63, 3.8) is 0 Å². The van der Waals surface area contributed by atoms with Crippen molar-refractivity contribution in [2.45, 2.75) is 0 Å². The third kappa shape index (κ3) is 3.12. The SMILES string of the molecule is COc1ccc2nc(Cl)nc(Nc3ccc(-c4cn[nH]c4)cc3)c2c1. The van der Waals surface area contributed by atoms with Gasteiger partial charge in [-0.25, -0.2) is 4.98 Å². The molecule has 2 heterocycles. The molecule has 6 nitrogen and oxygen atoms in total. The van der Waals surface area contributed by atoms with Gasteiger partial charge in [-0.2, -0.15) is 10.1 Å². The zero-order valence-corrected chi connectivity index (χ0v) is 14.1. The van der Waals surface area contributed by atoms with Crippen LogP contribution in [0.1, 0.15) is 0 Å². The summed E-state index contributed by atoms with van der Waals surface area (Å²) in [4.78, 5) is 8.57. The number of nitrogens with one attached hydrogen (secondary N) is 2. The van der Waals surface area contributed by atoms with Crippen molar-refractivity contribution in [3.05, 3.63) is 60.1 Å². The van der Waals surface area contributed by atoms with E-state index in [0.717, 1.165) is 33.5 Å². The molecule has 25 heavy (non-hydrogen) atoms. The van der Waals surface area contributed by atoms with E-state index in [4.69, 9.17) is 16.3 Å². The van der Waals surface area contributed by atoms with Crippen LogP contribution in [0.25, 0.3) is 22.0 Å². The van der Waals surface area contributed by atoms with Crippen LogP contribution in [0.2, 0.25) is 5.28 Å². The lowest BCUT2D eigenvalue weighted by Gasteiger charge is -2.10. The standard InChI is InChI=1S/C18H14ClN5O/c1-25-14-6-7-16-15(8-14)17(24-18(19)23-16)22-13-4-2-11(3-5-13)12-9-20-21-10-12/h2-10H,1H3,(H,20,21)(H,22,23,24). The normalized spacial score (nSPS) is 10.8. The average Bonchev–Trinajstić information content (AvgIpc) is 3.16. The molecule has 0 bridgehead atoms. The Balaban J connectivity index is 1.70. The number of ether oxygens (including phenoxy) is 1. The molecule has 0 amide bonds. The van der Waals surface area contributed by atoms with E-state index >= 15 is 0 Å². The Hall–Kier alpha value is -3.12. The van der Waals surface area contributed by atoms with Gasteiger partial charge in [0.2, 0.25) is 5.28 Å². The van der Waals surface area contributed by atoms with Crippen LogP contribution in [0.5, 0.6) is 5.75 Å². The number of methoxy groups -OCH3 is 1. The molecule has 0 saturated heterocycles. The van der Waals surface area contributed by atoms with Crippen molar-refractivity contribution in [2.75, 3.05) is 12.4 Å². The summed E-state index contributed by atoms with van der Waals surface area (Å²) in [6.07, 6.45) is 3.64. The van der Waals surface area contributed by atoms with Crippen LogP contribution in [-0.4, -0.2) is 27.3 Å². The fourth-order valence-electron chi connectivity index (χ4n) is 2.59. The smallest absolute Gasteiger partial charge is 0.224 e. The molecule has 4 rings (SSSR count). The van der Waals surface area contributed by atoms with Crippen LogP contribution in [0.3, 0.4) is 0 Å². The summed E-state index contributed by atoms with van der Waals surface area (Å²) >= 11 is 6.05. The fraction of sp³-hybridized carbons (Fsp3) is 0.0556. The molecule has 0 atom stereocenters. The van der Waals surface area contributed by atoms with E-state index in [1.165, 1.54) is 0 Å². The van der Waals surface area contributed by atoms with Crippen molar-refractivity contribution in [2.24, 2.45) is 0 Å². The van der Waals surface area contributed by atoms with Gasteiger partial charge in [0.25, 0.3) is 0 Å². The zero-order valence-electron chi connectivity index (χ0n) is 13.3. The van der Waals surface area contributed by atoms with Crippen molar-refractivity contribution < 1.29 is 4.74 Å². The minimum atomic E-state index is 0.190. The maximum absolute atomic E-state index is 6.05. The number of hydrogen-bond acceptors (Lipinski definition) is 5. The van der Waals surface area contributed by atoms with E-state index in [-0.39, 0.29) is 5.28 Å². The summed E-state index contributed by atoms with van der Waals surface area (Å²) in [6.45, 7) is 0. The second kappa shape index (κ2) is 6.41. The monoisotopic (exact) mass is 351 g/mol. The third-order valence-corrected chi connectivity index (χ3v) is 4.02. The molecule has 0 radical (unpaired) electrons. The number of aromatic nitrogens is 4. The van der Waals surface area contributed by atoms with Crippen LogP contribution >= 0.6 is 11.6 Å². The zero-order chi connectivity index (χ0) is 17.2. The molecular weight excluding hydrogens is 338 g/mol. The number of hydrogen-bond donors (Lipinski definition) is 2. The number of benzene rings is 2. The summed E-state index contributed by atoms with van der Waals surface area (Å²) in [7, 11) is 1.62. The van der Waals surface area contributed by atoms with Gasteiger partial charge < -0.3 is 10.1 Å². The predicted molar refractivity (Wildman–Crippen MR) is 98.4 cm³/mol. The van der Waals surface area contributed by atoms with Gasteiger partial charge in [-0.1, -0.05) is 12.1 Å². The number of halogens is 1. The van der Waals surface area contributed by atoms with E-state index < -0.39 is 0 Å². The highest BCUT2D eigenvalue weighted by Gasteiger charge is 2.09. The summed E-state index contributed by atoms with van der Waals surface area (Å²) in [5.74, 6) is 1.36. The molecule has 0 saturated carbocycles. The van der Waals surface area contributed by atoms with Crippen molar-refractivity contribution in [1.82, 2.24) is 20.2 Å². The van der Waals surface area contributed by atoms with Crippen molar-refractivity contribution >= 4 is 34.0 Å². The van der Waals surface area contributed by atoms with Crippen LogP contribution in [0.4, 0.5) is 11.5 Å². The number of nitrogens with zero attached hydrogens (tertiary/aromatic N) is 3. The molecule has 2 N–H and O–H groups in total. The van der Waals surface area contributed by atoms with Gasteiger partial charge in [0.05, 0.1) is 18.8 Å². The quantitative estimate of drug-likeness (QED) is 0.532. The molecule has 0 unspecified atom stereocenters. The first-order chi connectivity index (χ1) is 12.2. The first-order valence-corrected chi connectivity index (χ1v) is 7.98. The first kappa shape index (κ1) is 15.4. The topological polar surface area (TPSA) is 75.7 Å². The Labute approximate surface area is 148 Å². The number of H-pyrrole nitrogens is 1. The molecule has 0 aliphatic rings. The van der Waals surface area contributed by atoms with E-state index in [2.05, 4.69) is 25.5 Å². The second-order valence-electron chi connectivity index (χ2n) is 5.41. The van der Waals surface area contributed by atoms with E-state index in [1.54, 1.807) is 13.3 Å². The number of anilines is 2. The molecule has 2 aromatic heterocycles. The van der Waals surface area contributed by atoms with Gasteiger partial charge in [-0.3, -0.25) is 5.10 Å². The molecule has 0 spiro atoms. The Morgan fingerprint density at radius 2 is 1.88 bits per heavy atom. The minimum absolute atomic E-state index is 0.190. The Morgan fingerprint density at radius 1 is 1.04 bits per heavy atom. The molecule has 0 fully saturated rings. The Morgan fingerprint density at radius 3 is 2.60 bits per heavy atom. The van der Waals surface area contributed by atoms with E-state index in [0.29, 0.717) is 5.82 Å².